The van der Waals surface area contributed by atoms with Gasteiger partial charge in [0.25, 0.3) is 0 Å². The molecule has 5 nitrogen and oxygen atoms in total. The molecule has 1 aromatic carbocycles. The van der Waals surface area contributed by atoms with Gasteiger partial charge >= 0.3 is 0 Å². The number of hydrogen-bond acceptors (Lipinski definition) is 3. The highest BCUT2D eigenvalue weighted by atomic mass is 15.3. The highest BCUT2D eigenvalue weighted by Crippen LogP contribution is 2.02. The fourth-order valence-electron chi connectivity index (χ4n) is 1.83. The molecule has 19 heavy (non-hydrogen) atoms. The summed E-state index contributed by atoms with van der Waals surface area (Å²) < 4.78 is 0. The molecule has 0 saturated carbocycles. The van der Waals surface area contributed by atoms with E-state index in [4.69, 9.17) is 5.84 Å². The first-order chi connectivity index (χ1) is 9.26. The summed E-state index contributed by atoms with van der Waals surface area (Å²) in [4.78, 5) is 6.65. The summed E-state index contributed by atoms with van der Waals surface area (Å²) in [6, 6.07) is 10.5. The second kappa shape index (κ2) is 9.35. The second-order valence-electron chi connectivity index (χ2n) is 4.48. The molecule has 0 aromatic heterocycles. The topological polar surface area (TPSA) is 65.7 Å². The van der Waals surface area contributed by atoms with Gasteiger partial charge < -0.3 is 10.2 Å². The predicted molar refractivity (Wildman–Crippen MR) is 80.7 cm³/mol. The van der Waals surface area contributed by atoms with Gasteiger partial charge in [-0.1, -0.05) is 30.3 Å². The van der Waals surface area contributed by atoms with Gasteiger partial charge in [0, 0.05) is 19.6 Å². The first kappa shape index (κ1) is 15.5. The predicted octanol–water partition coefficient (Wildman–Crippen LogP) is 0.937. The van der Waals surface area contributed by atoms with Crippen LogP contribution in [-0.4, -0.2) is 37.5 Å². The molecule has 0 bridgehead atoms. The third kappa shape index (κ3) is 6.79. The van der Waals surface area contributed by atoms with Crippen molar-refractivity contribution >= 4 is 5.96 Å². The normalized spacial score (nSPS) is 11.7. The maximum absolute atomic E-state index is 5.35. The van der Waals surface area contributed by atoms with Gasteiger partial charge in [0.1, 0.15) is 0 Å². The molecule has 0 unspecified atom stereocenters. The monoisotopic (exact) mass is 263 g/mol. The largest absolute Gasteiger partial charge is 0.356 e. The summed E-state index contributed by atoms with van der Waals surface area (Å²) in [5, 5.41) is 3.06. The Hall–Kier alpha value is -1.59. The van der Waals surface area contributed by atoms with E-state index < -0.39 is 0 Å². The van der Waals surface area contributed by atoms with Crippen LogP contribution in [0.4, 0.5) is 0 Å². The van der Waals surface area contributed by atoms with E-state index >= 15 is 0 Å². The van der Waals surface area contributed by atoms with E-state index in [0.717, 1.165) is 32.6 Å². The van der Waals surface area contributed by atoms with Crippen LogP contribution in [0.5, 0.6) is 0 Å². The van der Waals surface area contributed by atoms with E-state index in [-0.39, 0.29) is 0 Å². The molecule has 0 radical (unpaired) electrons. The molecule has 5 heteroatoms. The quantitative estimate of drug-likeness (QED) is 0.225. The molecule has 0 aliphatic rings. The maximum Gasteiger partial charge on any atom is 0.205 e. The first-order valence-electron chi connectivity index (χ1n) is 6.73. The SMILES string of the molecule is CCNC(=NCCCN(C)Cc1ccccc1)NN. The highest BCUT2D eigenvalue weighted by molar-refractivity contribution is 5.78. The number of nitrogens with one attached hydrogen (secondary N) is 2. The number of aliphatic imine (C=N–C) groups is 1. The molecule has 0 spiro atoms. The zero-order valence-corrected chi connectivity index (χ0v) is 11.9. The number of guanidine groups is 1. The highest BCUT2D eigenvalue weighted by Gasteiger charge is 1.99. The van der Waals surface area contributed by atoms with E-state index in [9.17, 15) is 0 Å². The van der Waals surface area contributed by atoms with Gasteiger partial charge in [-0.25, -0.2) is 5.84 Å². The van der Waals surface area contributed by atoms with Crippen LogP contribution >= 0.6 is 0 Å². The minimum Gasteiger partial charge on any atom is -0.356 e. The fraction of sp³-hybridized carbons (Fsp3) is 0.500. The van der Waals surface area contributed by atoms with Gasteiger partial charge in [-0.2, -0.15) is 0 Å². The standard InChI is InChI=1S/C14H25N5/c1-3-16-14(18-15)17-10-7-11-19(2)12-13-8-5-4-6-9-13/h4-6,8-9H,3,7,10-12,15H2,1-2H3,(H2,16,17,18). The van der Waals surface area contributed by atoms with Crippen LogP contribution in [0.2, 0.25) is 0 Å². The van der Waals surface area contributed by atoms with E-state index in [1.165, 1.54) is 5.56 Å². The average Bonchev–Trinajstić information content (AvgIpc) is 2.43. The van der Waals surface area contributed by atoms with Crippen LogP contribution in [0, 0.1) is 0 Å². The number of hydrazine groups is 1. The minimum absolute atomic E-state index is 0.660. The van der Waals surface area contributed by atoms with Crippen LogP contribution in [0.15, 0.2) is 35.3 Å². The summed E-state index contributed by atoms with van der Waals surface area (Å²) >= 11 is 0. The van der Waals surface area contributed by atoms with Crippen molar-refractivity contribution in [2.45, 2.75) is 19.9 Å². The first-order valence-corrected chi connectivity index (χ1v) is 6.73. The number of nitrogens with zero attached hydrogens (tertiary/aromatic N) is 2. The molecule has 0 aliphatic heterocycles. The van der Waals surface area contributed by atoms with Crippen molar-refractivity contribution in [3.8, 4) is 0 Å². The Bertz CT molecular complexity index is 363. The third-order valence-corrected chi connectivity index (χ3v) is 2.74. The van der Waals surface area contributed by atoms with Crippen LogP contribution in [-0.2, 0) is 6.54 Å². The smallest absolute Gasteiger partial charge is 0.205 e. The maximum atomic E-state index is 5.35. The third-order valence-electron chi connectivity index (χ3n) is 2.74. The van der Waals surface area contributed by atoms with Gasteiger partial charge in [-0.05, 0) is 32.5 Å². The molecule has 0 fully saturated rings. The van der Waals surface area contributed by atoms with Gasteiger partial charge in [0.2, 0.25) is 5.96 Å². The van der Waals surface area contributed by atoms with E-state index in [1.807, 2.05) is 13.0 Å². The second-order valence-corrected chi connectivity index (χ2v) is 4.48. The molecule has 1 rings (SSSR count). The summed E-state index contributed by atoms with van der Waals surface area (Å²) in [6.07, 6.45) is 1.01. The van der Waals surface area contributed by atoms with Crippen molar-refractivity contribution in [3.63, 3.8) is 0 Å². The molecule has 0 atom stereocenters. The Morgan fingerprint density at radius 1 is 1.32 bits per heavy atom. The molecular formula is C14H25N5. The van der Waals surface area contributed by atoms with Crippen molar-refractivity contribution < 1.29 is 0 Å². The number of nitrogens with two attached hydrogens (primary N) is 1. The zero-order chi connectivity index (χ0) is 13.9. The lowest BCUT2D eigenvalue weighted by molar-refractivity contribution is 0.324. The average molecular weight is 263 g/mol. The molecule has 0 saturated heterocycles. The lowest BCUT2D eigenvalue weighted by Crippen LogP contribution is -2.41. The van der Waals surface area contributed by atoms with E-state index in [0.29, 0.717) is 5.96 Å². The van der Waals surface area contributed by atoms with Crippen LogP contribution in [0.3, 0.4) is 0 Å². The molecule has 0 heterocycles. The Morgan fingerprint density at radius 3 is 2.68 bits per heavy atom. The van der Waals surface area contributed by atoms with Gasteiger partial charge in [-0.3, -0.25) is 10.4 Å². The zero-order valence-electron chi connectivity index (χ0n) is 11.9. The van der Waals surface area contributed by atoms with Gasteiger partial charge in [-0.15, -0.1) is 0 Å². The van der Waals surface area contributed by atoms with Crippen molar-refractivity contribution in [1.29, 1.82) is 0 Å². The van der Waals surface area contributed by atoms with Crippen molar-refractivity contribution in [2.75, 3.05) is 26.7 Å². The van der Waals surface area contributed by atoms with E-state index in [2.05, 4.69) is 51.9 Å². The molecule has 0 amide bonds. The van der Waals surface area contributed by atoms with Gasteiger partial charge in [0.15, 0.2) is 0 Å². The molecule has 1 aromatic rings. The van der Waals surface area contributed by atoms with Crippen molar-refractivity contribution in [2.24, 2.45) is 10.8 Å². The minimum atomic E-state index is 0.660. The lowest BCUT2D eigenvalue weighted by Gasteiger charge is -2.16. The molecular weight excluding hydrogens is 238 g/mol. The van der Waals surface area contributed by atoms with Crippen molar-refractivity contribution in [1.82, 2.24) is 15.6 Å². The summed E-state index contributed by atoms with van der Waals surface area (Å²) in [5.41, 5.74) is 3.89. The summed E-state index contributed by atoms with van der Waals surface area (Å²) in [7, 11) is 2.13. The van der Waals surface area contributed by atoms with Crippen LogP contribution < -0.4 is 16.6 Å². The Morgan fingerprint density at radius 2 is 2.05 bits per heavy atom. The lowest BCUT2D eigenvalue weighted by atomic mass is 10.2. The number of benzene rings is 1. The Labute approximate surface area is 115 Å². The van der Waals surface area contributed by atoms with Gasteiger partial charge in [0.05, 0.1) is 0 Å². The molecule has 0 aliphatic carbocycles. The number of rotatable bonds is 7. The van der Waals surface area contributed by atoms with E-state index in [1.54, 1.807) is 0 Å². The Balaban J connectivity index is 2.22. The van der Waals surface area contributed by atoms with Crippen LogP contribution in [0.25, 0.3) is 0 Å². The molecule has 4 N–H and O–H groups in total. The summed E-state index contributed by atoms with van der Waals surface area (Å²) in [6.45, 7) is 5.59. The summed E-state index contributed by atoms with van der Waals surface area (Å²) in [5.74, 6) is 6.01. The van der Waals surface area contributed by atoms with Crippen molar-refractivity contribution in [3.05, 3.63) is 35.9 Å². The Kier molecular flexibility index (Phi) is 7.62. The molecule has 106 valence electrons. The number of hydrogen-bond donors (Lipinski definition) is 3. The van der Waals surface area contributed by atoms with Crippen LogP contribution in [0.1, 0.15) is 18.9 Å². The fourth-order valence-corrected chi connectivity index (χ4v) is 1.83.